The van der Waals surface area contributed by atoms with Gasteiger partial charge in [-0.15, -0.1) is 0 Å². The smallest absolute Gasteiger partial charge is 0.366 e. The Balaban J connectivity index is 2.26. The van der Waals surface area contributed by atoms with Crippen molar-refractivity contribution in [3.63, 3.8) is 0 Å². The van der Waals surface area contributed by atoms with Crippen molar-refractivity contribution >= 4 is 17.6 Å². The zero-order valence-electron chi connectivity index (χ0n) is 9.37. The number of rotatable bonds is 3. The van der Waals surface area contributed by atoms with Crippen LogP contribution in [0.3, 0.4) is 0 Å². The first-order chi connectivity index (χ1) is 8.07. The largest absolute Gasteiger partial charge is 0.464 e. The molecule has 1 aliphatic rings. The fourth-order valence-electron chi connectivity index (χ4n) is 1.83. The topological polar surface area (TPSA) is 26.3 Å². The maximum absolute atomic E-state index is 13.5. The Hall–Kier alpha value is -1.35. The highest BCUT2D eigenvalue weighted by molar-refractivity contribution is 6.30. The van der Waals surface area contributed by atoms with E-state index < -0.39 is 11.8 Å². The first kappa shape index (κ1) is 12.1. The van der Waals surface area contributed by atoms with Crippen molar-refractivity contribution in [3.05, 3.63) is 46.8 Å². The molecule has 1 fully saturated rings. The maximum atomic E-state index is 13.5. The predicted molar refractivity (Wildman–Crippen MR) is 63.6 cm³/mol. The Kier molecular flexibility index (Phi) is 3.20. The summed E-state index contributed by atoms with van der Waals surface area (Å²) in [5, 5.41) is 0.641. The lowest BCUT2D eigenvalue weighted by Crippen LogP contribution is -2.07. The zero-order valence-corrected chi connectivity index (χ0v) is 10.1. The molecule has 0 bridgehead atoms. The summed E-state index contributed by atoms with van der Waals surface area (Å²) >= 11 is 5.80. The van der Waals surface area contributed by atoms with Crippen LogP contribution in [0.5, 0.6) is 0 Å². The van der Waals surface area contributed by atoms with E-state index in [-0.39, 0.29) is 5.41 Å². The molecule has 1 aliphatic carbocycles. The number of methoxy groups -OCH3 is 1. The number of benzene rings is 1. The Morgan fingerprint density at radius 2 is 2.00 bits per heavy atom. The number of carbonyl (C=O) groups excluding carboxylic acids is 1. The molecule has 1 aromatic rings. The number of halogens is 2. The second-order valence-corrected chi connectivity index (χ2v) is 4.58. The SMILES string of the molecule is COC(=O)/C(F)=C/C1(c2ccc(Cl)cc2)CC1. The van der Waals surface area contributed by atoms with Gasteiger partial charge < -0.3 is 4.74 Å². The highest BCUT2D eigenvalue weighted by Gasteiger charge is 2.43. The Labute approximate surface area is 104 Å². The molecule has 0 spiro atoms. The van der Waals surface area contributed by atoms with Crippen molar-refractivity contribution in [2.24, 2.45) is 0 Å². The summed E-state index contributed by atoms with van der Waals surface area (Å²) in [7, 11) is 1.16. The van der Waals surface area contributed by atoms with Crippen LogP contribution in [-0.2, 0) is 14.9 Å². The van der Waals surface area contributed by atoms with Gasteiger partial charge in [0, 0.05) is 10.4 Å². The zero-order chi connectivity index (χ0) is 12.5. The molecule has 0 aromatic heterocycles. The molecule has 1 aromatic carbocycles. The van der Waals surface area contributed by atoms with E-state index in [2.05, 4.69) is 4.74 Å². The molecule has 0 saturated heterocycles. The van der Waals surface area contributed by atoms with E-state index in [1.807, 2.05) is 12.1 Å². The Bertz CT molecular complexity index is 461. The highest BCUT2D eigenvalue weighted by Crippen LogP contribution is 2.50. The van der Waals surface area contributed by atoms with E-state index in [0.717, 1.165) is 25.5 Å². The average Bonchev–Trinajstić information content (AvgIpc) is 3.09. The van der Waals surface area contributed by atoms with Gasteiger partial charge in [-0.25, -0.2) is 4.79 Å². The Morgan fingerprint density at radius 3 is 2.47 bits per heavy atom. The summed E-state index contributed by atoms with van der Waals surface area (Å²) in [5.41, 5.74) is 0.615. The van der Waals surface area contributed by atoms with Crippen molar-refractivity contribution < 1.29 is 13.9 Å². The summed E-state index contributed by atoms with van der Waals surface area (Å²) < 4.78 is 17.8. The minimum absolute atomic E-state index is 0.358. The average molecular weight is 255 g/mol. The maximum Gasteiger partial charge on any atom is 0.366 e. The fourth-order valence-corrected chi connectivity index (χ4v) is 1.96. The molecule has 2 nitrogen and oxygen atoms in total. The van der Waals surface area contributed by atoms with Crippen LogP contribution in [0.2, 0.25) is 5.02 Å². The molecule has 17 heavy (non-hydrogen) atoms. The minimum Gasteiger partial charge on any atom is -0.464 e. The number of ether oxygens (including phenoxy) is 1. The van der Waals surface area contributed by atoms with Gasteiger partial charge in [0.05, 0.1) is 7.11 Å². The number of allylic oxidation sites excluding steroid dienone is 1. The molecule has 2 rings (SSSR count). The molecule has 0 N–H and O–H groups in total. The lowest BCUT2D eigenvalue weighted by atomic mass is 9.95. The highest BCUT2D eigenvalue weighted by atomic mass is 35.5. The van der Waals surface area contributed by atoms with Crippen LogP contribution in [0, 0.1) is 0 Å². The third kappa shape index (κ3) is 2.50. The van der Waals surface area contributed by atoms with E-state index in [1.165, 1.54) is 6.08 Å². The van der Waals surface area contributed by atoms with Crippen molar-refractivity contribution in [1.82, 2.24) is 0 Å². The molecule has 1 saturated carbocycles. The summed E-state index contributed by atoms with van der Waals surface area (Å²) in [4.78, 5) is 11.0. The quantitative estimate of drug-likeness (QED) is 0.610. The lowest BCUT2D eigenvalue weighted by Gasteiger charge is -2.10. The summed E-state index contributed by atoms with van der Waals surface area (Å²) in [6, 6.07) is 7.24. The van der Waals surface area contributed by atoms with E-state index in [0.29, 0.717) is 5.02 Å². The fraction of sp³-hybridized carbons (Fsp3) is 0.308. The van der Waals surface area contributed by atoms with Gasteiger partial charge >= 0.3 is 5.97 Å². The monoisotopic (exact) mass is 254 g/mol. The van der Waals surface area contributed by atoms with Gasteiger partial charge in [-0.2, -0.15) is 4.39 Å². The third-order valence-corrected chi connectivity index (χ3v) is 3.24. The molecule has 0 radical (unpaired) electrons. The molecule has 4 heteroatoms. The number of hydrogen-bond donors (Lipinski definition) is 0. The second kappa shape index (κ2) is 4.49. The molecular weight excluding hydrogens is 243 g/mol. The molecule has 0 aliphatic heterocycles. The first-order valence-electron chi connectivity index (χ1n) is 5.30. The third-order valence-electron chi connectivity index (χ3n) is 2.99. The van der Waals surface area contributed by atoms with Gasteiger partial charge in [0.2, 0.25) is 5.83 Å². The predicted octanol–water partition coefficient (Wildman–Crippen LogP) is 3.40. The minimum atomic E-state index is -0.926. The van der Waals surface area contributed by atoms with Crippen molar-refractivity contribution in [2.75, 3.05) is 7.11 Å². The van der Waals surface area contributed by atoms with E-state index in [4.69, 9.17) is 11.6 Å². The van der Waals surface area contributed by atoms with Crippen LogP contribution in [0.25, 0.3) is 0 Å². The molecule has 0 amide bonds. The van der Waals surface area contributed by atoms with Crippen LogP contribution < -0.4 is 0 Å². The van der Waals surface area contributed by atoms with Gasteiger partial charge in [-0.1, -0.05) is 23.7 Å². The molecular formula is C13H12ClFO2. The molecule has 90 valence electrons. The van der Waals surface area contributed by atoms with Gasteiger partial charge in [0.15, 0.2) is 0 Å². The molecule has 0 unspecified atom stereocenters. The van der Waals surface area contributed by atoms with E-state index in [1.54, 1.807) is 12.1 Å². The summed E-state index contributed by atoms with van der Waals surface area (Å²) in [6.07, 6.45) is 3.01. The van der Waals surface area contributed by atoms with Crippen LogP contribution in [0.15, 0.2) is 36.2 Å². The standard InChI is InChI=1S/C13H12ClFO2/c1-17-12(16)11(15)8-13(6-7-13)9-2-4-10(14)5-3-9/h2-5,8H,6-7H2,1H3/b11-8-. The van der Waals surface area contributed by atoms with E-state index in [9.17, 15) is 9.18 Å². The second-order valence-electron chi connectivity index (χ2n) is 4.15. The van der Waals surface area contributed by atoms with Crippen molar-refractivity contribution in [2.45, 2.75) is 18.3 Å². The molecule has 0 atom stereocenters. The van der Waals surface area contributed by atoms with Gasteiger partial charge in [-0.05, 0) is 36.6 Å². The van der Waals surface area contributed by atoms with E-state index >= 15 is 0 Å². The summed E-state index contributed by atoms with van der Waals surface area (Å²) in [5.74, 6) is -1.76. The van der Waals surface area contributed by atoms with Gasteiger partial charge in [-0.3, -0.25) is 0 Å². The van der Waals surface area contributed by atoms with Crippen molar-refractivity contribution in [3.8, 4) is 0 Å². The normalized spacial score (nSPS) is 17.7. The van der Waals surface area contributed by atoms with Crippen molar-refractivity contribution in [1.29, 1.82) is 0 Å². The number of carbonyl (C=O) groups is 1. The number of esters is 1. The van der Waals surface area contributed by atoms with Gasteiger partial charge in [0.1, 0.15) is 0 Å². The number of hydrogen-bond acceptors (Lipinski definition) is 2. The van der Waals surface area contributed by atoms with Gasteiger partial charge in [0.25, 0.3) is 0 Å². The Morgan fingerprint density at radius 1 is 1.41 bits per heavy atom. The first-order valence-corrected chi connectivity index (χ1v) is 5.68. The molecule has 0 heterocycles. The van der Waals surface area contributed by atoms with Crippen LogP contribution in [0.4, 0.5) is 4.39 Å². The summed E-state index contributed by atoms with van der Waals surface area (Å²) in [6.45, 7) is 0. The van der Waals surface area contributed by atoms with Crippen LogP contribution >= 0.6 is 11.6 Å². The lowest BCUT2D eigenvalue weighted by molar-refractivity contribution is -0.137. The van der Waals surface area contributed by atoms with Crippen LogP contribution in [-0.4, -0.2) is 13.1 Å². The van der Waals surface area contributed by atoms with Crippen LogP contribution in [0.1, 0.15) is 18.4 Å².